The molecule has 0 aromatic heterocycles. The van der Waals surface area contributed by atoms with Crippen molar-refractivity contribution in [3.63, 3.8) is 0 Å². The van der Waals surface area contributed by atoms with Gasteiger partial charge in [-0.3, -0.25) is 0 Å². The van der Waals surface area contributed by atoms with Crippen molar-refractivity contribution in [3.8, 4) is 0 Å². The molecule has 2 unspecified atom stereocenters. The number of nitrogens with one attached hydrogen (secondary N) is 1. The van der Waals surface area contributed by atoms with E-state index in [1.54, 1.807) is 20.8 Å². The van der Waals surface area contributed by atoms with Crippen LogP contribution in [0.1, 0.15) is 61.3 Å². The summed E-state index contributed by atoms with van der Waals surface area (Å²) in [6.45, 7) is 13.0. The van der Waals surface area contributed by atoms with Crippen LogP contribution in [0.25, 0.3) is 0 Å². The lowest BCUT2D eigenvalue weighted by molar-refractivity contribution is 0.00464. The summed E-state index contributed by atoms with van der Waals surface area (Å²) in [6.07, 6.45) is 4.31. The van der Waals surface area contributed by atoms with Crippen molar-refractivity contribution >= 4 is 12.2 Å². The summed E-state index contributed by atoms with van der Waals surface area (Å²) in [6, 6.07) is 0.111. The van der Waals surface area contributed by atoms with Gasteiger partial charge in [-0.15, -0.1) is 0 Å². The molecular weight excluding hydrogens is 334 g/mol. The monoisotopic (exact) mass is 365 g/mol. The summed E-state index contributed by atoms with van der Waals surface area (Å²) < 4.78 is 15.8. The average molecular weight is 365 g/mol. The number of carbonyl (C=O) groups is 2. The molecule has 1 amide bonds. The molecule has 0 aromatic rings. The van der Waals surface area contributed by atoms with Gasteiger partial charge < -0.3 is 19.5 Å². The summed E-state index contributed by atoms with van der Waals surface area (Å²) in [4.78, 5) is 23.7. The van der Waals surface area contributed by atoms with Crippen molar-refractivity contribution in [2.75, 3.05) is 0 Å². The van der Waals surface area contributed by atoms with Crippen LogP contribution >= 0.6 is 0 Å². The Morgan fingerprint density at radius 2 is 1.65 bits per heavy atom. The molecule has 0 aromatic carbocycles. The molecule has 0 spiro atoms. The number of carbonyl (C=O) groups excluding carboxylic acids is 2. The minimum absolute atomic E-state index is 0.111. The third kappa shape index (κ3) is 6.39. The summed E-state index contributed by atoms with van der Waals surface area (Å²) >= 11 is 0. The molecule has 0 bridgehead atoms. The van der Waals surface area contributed by atoms with Gasteiger partial charge in [0.1, 0.15) is 17.0 Å². The molecule has 0 aliphatic heterocycles. The minimum Gasteiger partial charge on any atom is -0.444 e. The number of rotatable bonds is 3. The standard InChI is InChI=1S/C20H31NO5/c1-12-10-13(24-18(23)26-20(5,6)7)8-9-14(12)15-11-16(15)21-17(22)25-19(2,3)4/h8-9,12,15-16H,10-11H2,1-7H3,(H,21,22)/t12?,15-,16?/m0/s1. The van der Waals surface area contributed by atoms with E-state index in [2.05, 4.69) is 12.2 Å². The van der Waals surface area contributed by atoms with Crippen LogP contribution in [0.2, 0.25) is 0 Å². The first-order chi connectivity index (χ1) is 11.8. The zero-order valence-corrected chi connectivity index (χ0v) is 16.8. The predicted octanol–water partition coefficient (Wildman–Crippen LogP) is 4.70. The first-order valence-corrected chi connectivity index (χ1v) is 9.15. The lowest BCUT2D eigenvalue weighted by Gasteiger charge is -2.24. The average Bonchev–Trinajstić information content (AvgIpc) is 3.12. The second-order valence-corrected chi connectivity index (χ2v) is 9.07. The van der Waals surface area contributed by atoms with Crippen LogP contribution in [0.3, 0.4) is 0 Å². The van der Waals surface area contributed by atoms with Gasteiger partial charge in [0.2, 0.25) is 0 Å². The van der Waals surface area contributed by atoms with E-state index in [0.717, 1.165) is 6.42 Å². The SMILES string of the molecule is CC1CC(OC(=O)OC(C)(C)C)=CC=C1[C@@H]1CC1NC(=O)OC(C)(C)C. The predicted molar refractivity (Wildman–Crippen MR) is 98.5 cm³/mol. The molecule has 0 radical (unpaired) electrons. The highest BCUT2D eigenvalue weighted by molar-refractivity contribution is 5.69. The van der Waals surface area contributed by atoms with Gasteiger partial charge in [-0.05, 0) is 60.0 Å². The van der Waals surface area contributed by atoms with E-state index in [4.69, 9.17) is 14.2 Å². The van der Waals surface area contributed by atoms with Gasteiger partial charge in [0.25, 0.3) is 0 Å². The fourth-order valence-electron chi connectivity index (χ4n) is 2.97. The lowest BCUT2D eigenvalue weighted by Crippen LogP contribution is -2.34. The Labute approximate surface area is 155 Å². The molecule has 2 rings (SSSR count). The van der Waals surface area contributed by atoms with E-state index in [-0.39, 0.29) is 18.1 Å². The maximum absolute atomic E-state index is 11.9. The molecular formula is C20H31NO5. The van der Waals surface area contributed by atoms with Crippen LogP contribution in [0.5, 0.6) is 0 Å². The van der Waals surface area contributed by atoms with Crippen LogP contribution in [0.4, 0.5) is 9.59 Å². The molecule has 1 N–H and O–H groups in total. The quantitative estimate of drug-likeness (QED) is 0.734. The van der Waals surface area contributed by atoms with Crippen LogP contribution < -0.4 is 5.32 Å². The van der Waals surface area contributed by atoms with Crippen molar-refractivity contribution in [3.05, 3.63) is 23.5 Å². The molecule has 1 saturated carbocycles. The Morgan fingerprint density at radius 3 is 2.19 bits per heavy atom. The minimum atomic E-state index is -0.677. The first-order valence-electron chi connectivity index (χ1n) is 9.15. The number of amides is 1. The van der Waals surface area contributed by atoms with E-state index in [0.29, 0.717) is 18.1 Å². The summed E-state index contributed by atoms with van der Waals surface area (Å²) in [7, 11) is 0. The molecule has 2 aliphatic rings. The highest BCUT2D eigenvalue weighted by atomic mass is 16.7. The number of hydrogen-bond donors (Lipinski definition) is 1. The van der Waals surface area contributed by atoms with Gasteiger partial charge in [0.15, 0.2) is 0 Å². The van der Waals surface area contributed by atoms with Crippen molar-refractivity contribution in [1.29, 1.82) is 0 Å². The van der Waals surface area contributed by atoms with Crippen LogP contribution in [-0.2, 0) is 14.2 Å². The summed E-state index contributed by atoms with van der Waals surface area (Å²) in [5.74, 6) is 1.16. The van der Waals surface area contributed by atoms with E-state index in [1.165, 1.54) is 5.57 Å². The maximum Gasteiger partial charge on any atom is 0.514 e. The molecule has 6 nitrogen and oxygen atoms in total. The fourth-order valence-corrected chi connectivity index (χ4v) is 2.97. The van der Waals surface area contributed by atoms with Gasteiger partial charge in [-0.2, -0.15) is 0 Å². The highest BCUT2D eigenvalue weighted by Gasteiger charge is 2.43. The Hall–Kier alpha value is -1.98. The van der Waals surface area contributed by atoms with E-state index in [1.807, 2.05) is 32.9 Å². The van der Waals surface area contributed by atoms with E-state index in [9.17, 15) is 9.59 Å². The Morgan fingerprint density at radius 1 is 1.04 bits per heavy atom. The van der Waals surface area contributed by atoms with Gasteiger partial charge in [-0.1, -0.05) is 18.6 Å². The second kappa shape index (κ2) is 7.33. The van der Waals surface area contributed by atoms with Crippen molar-refractivity contribution in [2.24, 2.45) is 11.8 Å². The van der Waals surface area contributed by atoms with Crippen LogP contribution in [0.15, 0.2) is 23.5 Å². The summed E-state index contributed by atoms with van der Waals surface area (Å²) in [5.41, 5.74) is 0.193. The third-order valence-corrected chi connectivity index (χ3v) is 4.06. The Bertz CT molecular complexity index is 621. The van der Waals surface area contributed by atoms with Gasteiger partial charge in [0.05, 0.1) is 0 Å². The molecule has 146 valence electrons. The lowest BCUT2D eigenvalue weighted by atomic mass is 9.89. The Kier molecular flexibility index (Phi) is 5.73. The van der Waals surface area contributed by atoms with Crippen molar-refractivity contribution < 1.29 is 23.8 Å². The van der Waals surface area contributed by atoms with E-state index >= 15 is 0 Å². The molecule has 6 heteroatoms. The highest BCUT2D eigenvalue weighted by Crippen LogP contribution is 2.44. The fraction of sp³-hybridized carbons (Fsp3) is 0.700. The van der Waals surface area contributed by atoms with Crippen molar-refractivity contribution in [1.82, 2.24) is 5.32 Å². The van der Waals surface area contributed by atoms with E-state index < -0.39 is 17.4 Å². The molecule has 26 heavy (non-hydrogen) atoms. The topological polar surface area (TPSA) is 73.9 Å². The molecule has 2 aliphatic carbocycles. The van der Waals surface area contributed by atoms with Crippen molar-refractivity contribution in [2.45, 2.75) is 78.6 Å². The maximum atomic E-state index is 11.9. The van der Waals surface area contributed by atoms with Crippen LogP contribution in [0, 0.1) is 11.8 Å². The number of allylic oxidation sites excluding steroid dienone is 3. The second-order valence-electron chi connectivity index (χ2n) is 9.07. The molecule has 1 fully saturated rings. The smallest absolute Gasteiger partial charge is 0.444 e. The largest absolute Gasteiger partial charge is 0.514 e. The van der Waals surface area contributed by atoms with Gasteiger partial charge in [-0.25, -0.2) is 9.59 Å². The number of ether oxygens (including phenoxy) is 3. The zero-order chi connectivity index (χ0) is 19.7. The van der Waals surface area contributed by atoms with Gasteiger partial charge in [0, 0.05) is 18.4 Å². The molecule has 3 atom stereocenters. The Balaban J connectivity index is 1.88. The number of hydrogen-bond acceptors (Lipinski definition) is 5. The molecule has 0 saturated heterocycles. The normalized spacial score (nSPS) is 25.6. The van der Waals surface area contributed by atoms with Crippen LogP contribution in [-0.4, -0.2) is 29.5 Å². The zero-order valence-electron chi connectivity index (χ0n) is 16.8. The number of alkyl carbamates (subject to hydrolysis) is 1. The van der Waals surface area contributed by atoms with Gasteiger partial charge >= 0.3 is 12.2 Å². The summed E-state index contributed by atoms with van der Waals surface area (Å²) in [5, 5.41) is 2.92. The molecule has 0 heterocycles. The third-order valence-electron chi connectivity index (χ3n) is 4.06. The first kappa shape index (κ1) is 20.3.